The van der Waals surface area contributed by atoms with E-state index in [0.717, 1.165) is 65.2 Å². The summed E-state index contributed by atoms with van der Waals surface area (Å²) >= 11 is 0. The molecule has 0 unspecified atom stereocenters. The highest BCUT2D eigenvalue weighted by Crippen LogP contribution is 2.24. The molecule has 1 fully saturated rings. The molecule has 0 spiro atoms. The molecule has 2 N–H and O–H groups in total. The number of nitrogens with one attached hydrogen (secondary N) is 2. The fraction of sp³-hybridized carbons (Fsp3) is 0.462. The second-order valence-electron chi connectivity index (χ2n) is 8.68. The van der Waals surface area contributed by atoms with Crippen molar-refractivity contribution >= 4 is 17.5 Å². The zero-order valence-corrected chi connectivity index (χ0v) is 19.2. The van der Waals surface area contributed by atoms with Crippen molar-refractivity contribution < 1.29 is 14.3 Å². The van der Waals surface area contributed by atoms with Crippen LogP contribution in [0.25, 0.3) is 0 Å². The van der Waals surface area contributed by atoms with Crippen molar-refractivity contribution in [3.63, 3.8) is 0 Å². The highest BCUT2D eigenvalue weighted by molar-refractivity contribution is 6.35. The molecule has 33 heavy (non-hydrogen) atoms. The average molecular weight is 451 g/mol. The van der Waals surface area contributed by atoms with Gasteiger partial charge in [0.05, 0.1) is 13.2 Å². The monoisotopic (exact) mass is 450 g/mol. The molecular formula is C26H34N4O3. The van der Waals surface area contributed by atoms with Crippen LogP contribution in [0.1, 0.15) is 23.1 Å². The van der Waals surface area contributed by atoms with Crippen molar-refractivity contribution in [2.75, 3.05) is 57.4 Å². The predicted octanol–water partition coefficient (Wildman–Crippen LogP) is 1.75. The summed E-state index contributed by atoms with van der Waals surface area (Å²) in [4.78, 5) is 28.6. The predicted molar refractivity (Wildman–Crippen MR) is 129 cm³/mol. The van der Waals surface area contributed by atoms with E-state index in [-0.39, 0.29) is 0 Å². The molecule has 7 heteroatoms. The topological polar surface area (TPSA) is 73.9 Å². The SMILES string of the molecule is O=C(NCCCc1ccc(N2CCc3ccccc3C2)cc1)C(=O)NCCN1CCOCC1. The van der Waals surface area contributed by atoms with Gasteiger partial charge in [0.15, 0.2) is 0 Å². The van der Waals surface area contributed by atoms with Gasteiger partial charge in [-0.3, -0.25) is 14.5 Å². The third-order valence-corrected chi connectivity index (χ3v) is 6.38. The van der Waals surface area contributed by atoms with Gasteiger partial charge in [-0.25, -0.2) is 0 Å². The van der Waals surface area contributed by atoms with Crippen LogP contribution in [0.15, 0.2) is 48.5 Å². The quantitative estimate of drug-likeness (QED) is 0.474. The zero-order valence-electron chi connectivity index (χ0n) is 19.2. The van der Waals surface area contributed by atoms with Gasteiger partial charge in [0.25, 0.3) is 0 Å². The number of carbonyl (C=O) groups excluding carboxylic acids is 2. The van der Waals surface area contributed by atoms with Crippen LogP contribution in [0.4, 0.5) is 5.69 Å². The molecule has 0 atom stereocenters. The third kappa shape index (κ3) is 6.79. The first-order valence-electron chi connectivity index (χ1n) is 12.0. The number of aryl methyl sites for hydroxylation is 1. The Hall–Kier alpha value is -2.90. The van der Waals surface area contributed by atoms with Gasteiger partial charge in [-0.2, -0.15) is 0 Å². The van der Waals surface area contributed by atoms with Gasteiger partial charge in [-0.1, -0.05) is 36.4 Å². The van der Waals surface area contributed by atoms with E-state index in [1.165, 1.54) is 22.4 Å². The number of carbonyl (C=O) groups is 2. The number of benzene rings is 2. The Morgan fingerprint density at radius 2 is 1.55 bits per heavy atom. The molecule has 4 rings (SSSR count). The lowest BCUT2D eigenvalue weighted by Gasteiger charge is -2.30. The van der Waals surface area contributed by atoms with Crippen molar-refractivity contribution in [3.8, 4) is 0 Å². The van der Waals surface area contributed by atoms with Crippen LogP contribution >= 0.6 is 0 Å². The second kappa shape index (κ2) is 11.8. The number of anilines is 1. The lowest BCUT2D eigenvalue weighted by Crippen LogP contribution is -2.45. The maximum absolute atomic E-state index is 12.0. The van der Waals surface area contributed by atoms with E-state index in [4.69, 9.17) is 4.74 Å². The molecule has 0 radical (unpaired) electrons. The zero-order chi connectivity index (χ0) is 22.9. The molecule has 176 valence electrons. The Balaban J connectivity index is 1.12. The van der Waals surface area contributed by atoms with Crippen LogP contribution < -0.4 is 15.5 Å². The standard InChI is InChI=1S/C26H34N4O3/c31-25(26(32)28-13-15-29-16-18-33-19-17-29)27-12-3-4-21-7-9-24(10-8-21)30-14-11-22-5-1-2-6-23(22)20-30/h1-2,5-10H,3-4,11-20H2,(H,27,31)(H,28,32). The fourth-order valence-corrected chi connectivity index (χ4v) is 4.40. The number of hydrogen-bond acceptors (Lipinski definition) is 5. The maximum atomic E-state index is 12.0. The Labute approximate surface area is 196 Å². The average Bonchev–Trinajstić information content (AvgIpc) is 2.87. The van der Waals surface area contributed by atoms with Gasteiger partial charge in [0.2, 0.25) is 0 Å². The van der Waals surface area contributed by atoms with Gasteiger partial charge < -0.3 is 20.3 Å². The summed E-state index contributed by atoms with van der Waals surface area (Å²) in [5.74, 6) is -1.12. The van der Waals surface area contributed by atoms with E-state index in [1.807, 2.05) is 0 Å². The molecule has 2 amide bonds. The summed E-state index contributed by atoms with van der Waals surface area (Å²) < 4.78 is 5.30. The van der Waals surface area contributed by atoms with Crippen LogP contribution in [-0.4, -0.2) is 69.2 Å². The van der Waals surface area contributed by atoms with Crippen LogP contribution in [0.2, 0.25) is 0 Å². The molecule has 2 aliphatic rings. The van der Waals surface area contributed by atoms with E-state index >= 15 is 0 Å². The lowest BCUT2D eigenvalue weighted by atomic mass is 9.99. The van der Waals surface area contributed by atoms with Crippen molar-refractivity contribution in [2.45, 2.75) is 25.8 Å². The van der Waals surface area contributed by atoms with Crippen LogP contribution in [-0.2, 0) is 33.7 Å². The van der Waals surface area contributed by atoms with Gasteiger partial charge in [0, 0.05) is 51.5 Å². The number of hydrogen-bond donors (Lipinski definition) is 2. The molecular weight excluding hydrogens is 416 g/mol. The summed E-state index contributed by atoms with van der Waals surface area (Å²) in [6, 6.07) is 17.4. The molecule has 7 nitrogen and oxygen atoms in total. The Morgan fingerprint density at radius 3 is 2.30 bits per heavy atom. The summed E-state index contributed by atoms with van der Waals surface area (Å²) in [5, 5.41) is 5.41. The minimum atomic E-state index is -0.560. The number of ether oxygens (including phenoxy) is 1. The maximum Gasteiger partial charge on any atom is 0.309 e. The van der Waals surface area contributed by atoms with Crippen LogP contribution in [0, 0.1) is 0 Å². The first-order valence-corrected chi connectivity index (χ1v) is 12.0. The van der Waals surface area contributed by atoms with Crippen LogP contribution in [0.3, 0.4) is 0 Å². The second-order valence-corrected chi connectivity index (χ2v) is 8.68. The van der Waals surface area contributed by atoms with E-state index in [2.05, 4.69) is 69.0 Å². The number of rotatable bonds is 8. The molecule has 2 aromatic rings. The Morgan fingerprint density at radius 1 is 0.848 bits per heavy atom. The number of nitrogens with zero attached hydrogens (tertiary/aromatic N) is 2. The Kier molecular flexibility index (Phi) is 8.33. The number of amides is 2. The number of fused-ring (bicyclic) bond motifs is 1. The van der Waals surface area contributed by atoms with E-state index in [1.54, 1.807) is 0 Å². The first-order chi connectivity index (χ1) is 16.2. The molecule has 0 aliphatic carbocycles. The van der Waals surface area contributed by atoms with E-state index < -0.39 is 11.8 Å². The number of morpholine rings is 1. The highest BCUT2D eigenvalue weighted by Gasteiger charge is 2.16. The van der Waals surface area contributed by atoms with Gasteiger partial charge in [-0.05, 0) is 48.1 Å². The Bertz CT molecular complexity index is 925. The van der Waals surface area contributed by atoms with Crippen molar-refractivity contribution in [1.82, 2.24) is 15.5 Å². The van der Waals surface area contributed by atoms with Crippen molar-refractivity contribution in [2.24, 2.45) is 0 Å². The minimum Gasteiger partial charge on any atom is -0.379 e. The van der Waals surface area contributed by atoms with E-state index in [0.29, 0.717) is 13.1 Å². The molecule has 2 heterocycles. The van der Waals surface area contributed by atoms with Crippen molar-refractivity contribution in [1.29, 1.82) is 0 Å². The largest absolute Gasteiger partial charge is 0.379 e. The summed E-state index contributed by atoms with van der Waals surface area (Å²) in [6.45, 7) is 6.88. The van der Waals surface area contributed by atoms with Crippen molar-refractivity contribution in [3.05, 3.63) is 65.2 Å². The van der Waals surface area contributed by atoms with E-state index in [9.17, 15) is 9.59 Å². The molecule has 1 saturated heterocycles. The molecule has 0 bridgehead atoms. The fourth-order valence-electron chi connectivity index (χ4n) is 4.40. The highest BCUT2D eigenvalue weighted by atomic mass is 16.5. The molecule has 0 aromatic heterocycles. The van der Waals surface area contributed by atoms with Gasteiger partial charge in [-0.15, -0.1) is 0 Å². The summed E-state index contributed by atoms with van der Waals surface area (Å²) in [6.07, 6.45) is 2.74. The molecule has 2 aromatic carbocycles. The first kappa shape index (κ1) is 23.3. The normalized spacial score (nSPS) is 16.2. The van der Waals surface area contributed by atoms with Gasteiger partial charge in [0.1, 0.15) is 0 Å². The third-order valence-electron chi connectivity index (χ3n) is 6.38. The summed E-state index contributed by atoms with van der Waals surface area (Å²) in [5.41, 5.74) is 5.35. The molecule has 0 saturated carbocycles. The van der Waals surface area contributed by atoms with Crippen LogP contribution in [0.5, 0.6) is 0 Å². The smallest absolute Gasteiger partial charge is 0.309 e. The summed E-state index contributed by atoms with van der Waals surface area (Å²) in [7, 11) is 0. The molecule has 2 aliphatic heterocycles. The lowest BCUT2D eigenvalue weighted by molar-refractivity contribution is -0.139. The van der Waals surface area contributed by atoms with Gasteiger partial charge >= 0.3 is 11.8 Å². The minimum absolute atomic E-state index is 0.473.